The van der Waals surface area contributed by atoms with Crippen molar-refractivity contribution in [3.05, 3.63) is 21.9 Å². The normalized spacial score (nSPS) is 15.3. The van der Waals surface area contributed by atoms with Gasteiger partial charge in [-0.25, -0.2) is 0 Å². The first kappa shape index (κ1) is 10.7. The summed E-state index contributed by atoms with van der Waals surface area (Å²) in [7, 11) is 0. The molecule has 0 radical (unpaired) electrons. The lowest BCUT2D eigenvalue weighted by atomic mass is 10.1. The lowest BCUT2D eigenvalue weighted by molar-refractivity contribution is -0.142. The van der Waals surface area contributed by atoms with Gasteiger partial charge in [0.1, 0.15) is 0 Å². The average molecular weight is 224 g/mol. The van der Waals surface area contributed by atoms with Gasteiger partial charge in [-0.05, 0) is 49.1 Å². The minimum Gasteiger partial charge on any atom is -0.466 e. The van der Waals surface area contributed by atoms with Gasteiger partial charge < -0.3 is 4.74 Å². The van der Waals surface area contributed by atoms with Crippen LogP contribution in [-0.4, -0.2) is 12.6 Å². The maximum Gasteiger partial charge on any atom is 0.311 e. The largest absolute Gasteiger partial charge is 0.466 e. The number of carbonyl (C=O) groups is 1. The van der Waals surface area contributed by atoms with Crippen LogP contribution in [0.25, 0.3) is 0 Å². The van der Waals surface area contributed by atoms with Crippen LogP contribution in [-0.2, 0) is 22.4 Å². The van der Waals surface area contributed by atoms with Crippen molar-refractivity contribution in [3.63, 3.8) is 0 Å². The lowest BCUT2D eigenvalue weighted by Crippen LogP contribution is -2.06. The first-order valence-corrected chi connectivity index (χ1v) is 6.37. The van der Waals surface area contributed by atoms with Crippen LogP contribution in [0.3, 0.4) is 0 Å². The van der Waals surface area contributed by atoms with Gasteiger partial charge in [0.25, 0.3) is 0 Å². The van der Waals surface area contributed by atoms with Crippen molar-refractivity contribution >= 4 is 17.3 Å². The molecule has 0 spiro atoms. The molecule has 0 aliphatic heterocycles. The summed E-state index contributed by atoms with van der Waals surface area (Å²) in [6.07, 6.45) is 4.38. The topological polar surface area (TPSA) is 26.3 Å². The van der Waals surface area contributed by atoms with Crippen LogP contribution in [0.4, 0.5) is 0 Å². The summed E-state index contributed by atoms with van der Waals surface area (Å²) >= 11 is 1.67. The van der Waals surface area contributed by atoms with E-state index in [1.54, 1.807) is 11.3 Å². The molecular formula is C12H16O2S. The molecule has 0 amide bonds. The molecule has 0 saturated heterocycles. The Morgan fingerprint density at radius 1 is 1.60 bits per heavy atom. The number of carbonyl (C=O) groups excluding carboxylic acids is 1. The molecule has 1 aliphatic carbocycles. The molecule has 1 fully saturated rings. The number of hydrogen-bond donors (Lipinski definition) is 0. The maximum atomic E-state index is 11.2. The minimum atomic E-state index is -0.114. The number of esters is 1. The lowest BCUT2D eigenvalue weighted by Gasteiger charge is -1.98. The van der Waals surface area contributed by atoms with Crippen molar-refractivity contribution in [3.8, 4) is 0 Å². The van der Waals surface area contributed by atoms with Gasteiger partial charge in [-0.1, -0.05) is 0 Å². The van der Waals surface area contributed by atoms with E-state index in [9.17, 15) is 4.79 Å². The summed E-state index contributed by atoms with van der Waals surface area (Å²) < 4.78 is 4.92. The van der Waals surface area contributed by atoms with Crippen molar-refractivity contribution in [1.82, 2.24) is 0 Å². The van der Waals surface area contributed by atoms with Gasteiger partial charge in [0.2, 0.25) is 0 Å². The van der Waals surface area contributed by atoms with E-state index in [2.05, 4.69) is 11.4 Å². The molecule has 3 heteroatoms. The van der Waals surface area contributed by atoms with E-state index in [1.165, 1.54) is 24.8 Å². The molecule has 2 nitrogen and oxygen atoms in total. The molecule has 0 atom stereocenters. The van der Waals surface area contributed by atoms with Gasteiger partial charge in [-0.3, -0.25) is 4.79 Å². The van der Waals surface area contributed by atoms with Crippen LogP contribution in [0.1, 0.15) is 30.2 Å². The SMILES string of the molecule is CCOC(=O)Cc1cc(CC2CC2)cs1. The standard InChI is InChI=1S/C12H16O2S/c1-2-14-12(13)7-11-6-10(8-15-11)5-9-3-4-9/h6,8-9H,2-5,7H2,1H3. The second-order valence-corrected chi connectivity index (χ2v) is 5.05. The Morgan fingerprint density at radius 2 is 2.40 bits per heavy atom. The molecular weight excluding hydrogens is 208 g/mol. The van der Waals surface area contributed by atoms with E-state index in [4.69, 9.17) is 4.74 Å². The number of ether oxygens (including phenoxy) is 1. The summed E-state index contributed by atoms with van der Waals surface area (Å²) in [6, 6.07) is 2.15. The Kier molecular flexibility index (Phi) is 3.41. The molecule has 1 saturated carbocycles. The molecule has 15 heavy (non-hydrogen) atoms. The zero-order chi connectivity index (χ0) is 10.7. The zero-order valence-electron chi connectivity index (χ0n) is 8.99. The third kappa shape index (κ3) is 3.34. The Labute approximate surface area is 94.3 Å². The Morgan fingerprint density at radius 3 is 3.07 bits per heavy atom. The summed E-state index contributed by atoms with van der Waals surface area (Å²) in [5.74, 6) is 0.798. The monoisotopic (exact) mass is 224 g/mol. The van der Waals surface area contributed by atoms with Crippen molar-refractivity contribution in [2.75, 3.05) is 6.61 Å². The van der Waals surface area contributed by atoms with Gasteiger partial charge in [-0.2, -0.15) is 0 Å². The van der Waals surface area contributed by atoms with Crippen molar-refractivity contribution < 1.29 is 9.53 Å². The fourth-order valence-electron chi connectivity index (χ4n) is 1.64. The molecule has 1 heterocycles. The third-order valence-electron chi connectivity index (χ3n) is 2.55. The maximum absolute atomic E-state index is 11.2. The molecule has 2 rings (SSSR count). The molecule has 0 bridgehead atoms. The highest BCUT2D eigenvalue weighted by atomic mass is 32.1. The molecule has 82 valence electrons. The molecule has 0 N–H and O–H groups in total. The van der Waals surface area contributed by atoms with Crippen LogP contribution in [0, 0.1) is 5.92 Å². The first-order chi connectivity index (χ1) is 7.28. The van der Waals surface area contributed by atoms with Crippen LogP contribution < -0.4 is 0 Å². The van der Waals surface area contributed by atoms with E-state index in [0.717, 1.165) is 10.8 Å². The van der Waals surface area contributed by atoms with E-state index < -0.39 is 0 Å². The molecule has 1 aromatic heterocycles. The van der Waals surface area contributed by atoms with Crippen LogP contribution in [0.5, 0.6) is 0 Å². The average Bonchev–Trinajstić information content (AvgIpc) is 2.88. The Bertz CT molecular complexity index is 339. The van der Waals surface area contributed by atoms with Gasteiger partial charge >= 0.3 is 5.97 Å². The number of rotatable bonds is 5. The molecule has 0 unspecified atom stereocenters. The van der Waals surface area contributed by atoms with E-state index in [1.807, 2.05) is 6.92 Å². The van der Waals surface area contributed by atoms with Gasteiger partial charge in [0.15, 0.2) is 0 Å². The predicted molar refractivity (Wildman–Crippen MR) is 61.1 cm³/mol. The van der Waals surface area contributed by atoms with Crippen LogP contribution in [0.15, 0.2) is 11.4 Å². The van der Waals surface area contributed by atoms with Crippen LogP contribution >= 0.6 is 11.3 Å². The highest BCUT2D eigenvalue weighted by Crippen LogP contribution is 2.33. The fourth-order valence-corrected chi connectivity index (χ4v) is 2.52. The van der Waals surface area contributed by atoms with E-state index >= 15 is 0 Å². The fraction of sp³-hybridized carbons (Fsp3) is 0.583. The molecule has 1 aliphatic rings. The third-order valence-corrected chi connectivity index (χ3v) is 3.54. The van der Waals surface area contributed by atoms with Crippen LogP contribution in [0.2, 0.25) is 0 Å². The quantitative estimate of drug-likeness (QED) is 0.719. The number of hydrogen-bond acceptors (Lipinski definition) is 3. The first-order valence-electron chi connectivity index (χ1n) is 5.50. The van der Waals surface area contributed by atoms with Crippen molar-refractivity contribution in [1.29, 1.82) is 0 Å². The zero-order valence-corrected chi connectivity index (χ0v) is 9.81. The molecule has 0 aromatic carbocycles. The second kappa shape index (κ2) is 4.79. The van der Waals surface area contributed by atoms with Crippen molar-refractivity contribution in [2.24, 2.45) is 5.92 Å². The highest BCUT2D eigenvalue weighted by Gasteiger charge is 2.22. The number of thiophene rings is 1. The van der Waals surface area contributed by atoms with E-state index in [0.29, 0.717) is 13.0 Å². The summed E-state index contributed by atoms with van der Waals surface area (Å²) in [5, 5.41) is 2.17. The Balaban J connectivity index is 1.85. The van der Waals surface area contributed by atoms with Gasteiger partial charge in [0.05, 0.1) is 13.0 Å². The van der Waals surface area contributed by atoms with E-state index in [-0.39, 0.29) is 5.97 Å². The highest BCUT2D eigenvalue weighted by molar-refractivity contribution is 7.10. The summed E-state index contributed by atoms with van der Waals surface area (Å²) in [6.45, 7) is 2.31. The minimum absolute atomic E-state index is 0.114. The predicted octanol–water partition coefficient (Wildman–Crippen LogP) is 2.81. The van der Waals surface area contributed by atoms with Gasteiger partial charge in [-0.15, -0.1) is 11.3 Å². The second-order valence-electron chi connectivity index (χ2n) is 4.05. The van der Waals surface area contributed by atoms with Crippen molar-refractivity contribution in [2.45, 2.75) is 32.6 Å². The van der Waals surface area contributed by atoms with Gasteiger partial charge in [0, 0.05) is 4.88 Å². The smallest absolute Gasteiger partial charge is 0.311 e. The molecule has 1 aromatic rings. The Hall–Kier alpha value is -0.830. The summed E-state index contributed by atoms with van der Waals surface area (Å²) in [5.41, 5.74) is 1.39. The summed E-state index contributed by atoms with van der Waals surface area (Å²) in [4.78, 5) is 12.4.